The van der Waals surface area contributed by atoms with Crippen LogP contribution in [-0.2, 0) is 46.3 Å². The van der Waals surface area contributed by atoms with E-state index in [0.717, 1.165) is 52.4 Å². The number of hydrogen-bond donors (Lipinski definition) is 4. The van der Waals surface area contributed by atoms with E-state index >= 15 is 0 Å². The Balaban J connectivity index is 0.000000257. The predicted octanol–water partition coefficient (Wildman–Crippen LogP) is 6.15. The summed E-state index contributed by atoms with van der Waals surface area (Å²) in [5.74, 6) is -0.899. The SMILES string of the molecule is CC(=O)Cc1ccc2[nH]c(-c3ccc(NC(=O)[C@@H]4CCCN4C(=O)Cc4ccccc4)cc3)cc2n1.CC(=O)Nc1ccc([N+](=O)[O-])cn1.CC(=O)OC(C)=O.Nc1ccc([N+](=O)[O-])cn1. The number of carbonyl (C=O) groups excluding carboxylic acids is 6. The number of esters is 2. The summed E-state index contributed by atoms with van der Waals surface area (Å²) in [6.07, 6.45) is 4.31. The number of aromatic amines is 1. The largest absolute Gasteiger partial charge is 0.394 e. The molecule has 0 aliphatic carbocycles. The third-order valence-corrected chi connectivity index (χ3v) is 9.03. The van der Waals surface area contributed by atoms with E-state index in [9.17, 15) is 49.0 Å². The molecule has 0 unspecified atom stereocenters. The number of fused-ring (bicyclic) bond motifs is 1. The summed E-state index contributed by atoms with van der Waals surface area (Å²) in [5, 5.41) is 25.6. The Bertz CT molecular complexity index is 2660. The van der Waals surface area contributed by atoms with E-state index in [1.807, 2.05) is 72.8 Å². The summed E-state index contributed by atoms with van der Waals surface area (Å²) in [6, 6.07) is 27.8. The van der Waals surface area contributed by atoms with Gasteiger partial charge in [-0.2, -0.15) is 0 Å². The highest BCUT2D eigenvalue weighted by Gasteiger charge is 2.34. The molecule has 1 atom stereocenters. The monoisotopic (exact) mass is 902 g/mol. The smallest absolute Gasteiger partial charge is 0.310 e. The van der Waals surface area contributed by atoms with Crippen molar-refractivity contribution in [3.05, 3.63) is 141 Å². The maximum absolute atomic E-state index is 13.0. The fourth-order valence-electron chi connectivity index (χ4n) is 6.18. The molecule has 6 aromatic rings. The lowest BCUT2D eigenvalue weighted by atomic mass is 10.1. The van der Waals surface area contributed by atoms with Crippen molar-refractivity contribution in [3.63, 3.8) is 0 Å². The molecule has 5 heterocycles. The molecule has 342 valence electrons. The molecule has 0 bridgehead atoms. The zero-order valence-corrected chi connectivity index (χ0v) is 36.3. The Morgan fingerprint density at radius 1 is 0.788 bits per heavy atom. The van der Waals surface area contributed by atoms with Crippen molar-refractivity contribution in [3.8, 4) is 11.3 Å². The number of H-pyrrole nitrogens is 1. The summed E-state index contributed by atoms with van der Waals surface area (Å²) in [5.41, 5.74) is 11.0. The molecule has 5 N–H and O–H groups in total. The number of Topliss-reactive ketones (excluding diaryl/α,β-unsaturated/α-hetero) is 1. The van der Waals surface area contributed by atoms with E-state index in [-0.39, 0.29) is 40.7 Å². The molecule has 0 radical (unpaired) electrons. The Morgan fingerprint density at radius 3 is 1.95 bits per heavy atom. The van der Waals surface area contributed by atoms with Crippen LogP contribution in [0.5, 0.6) is 0 Å². The topological polar surface area (TPSA) is 306 Å². The van der Waals surface area contributed by atoms with Crippen molar-refractivity contribution in [1.82, 2.24) is 24.8 Å². The van der Waals surface area contributed by atoms with E-state index in [1.54, 1.807) is 11.8 Å². The highest BCUT2D eigenvalue weighted by Crippen LogP contribution is 2.26. The number of ether oxygens (including phenoxy) is 1. The molecule has 4 aromatic heterocycles. The molecule has 2 aromatic carbocycles. The number of nitrogen functional groups attached to an aromatic ring is 1. The van der Waals surface area contributed by atoms with Gasteiger partial charge in [-0.25, -0.2) is 9.97 Å². The third-order valence-electron chi connectivity index (χ3n) is 9.03. The first-order chi connectivity index (χ1) is 31.4. The standard InChI is InChI=1S/C29H28N4O3.C7H7N3O3.C5H5N3O2.C4H6O3/c1-19(34)16-23-13-14-24-26(30-23)18-25(32-24)21-9-11-22(12-10-21)31-29(36)27-8-5-15-33(27)28(35)17-20-6-3-2-4-7-20;1-5(11)9-7-3-2-6(4-8-7)10(12)13;6-5-2-1-4(3-7-5)8(9)10;1-3(5)7-4(2)6/h2-4,6-7,9-14,18,27,32H,5,8,15-17H2,1H3,(H,31,36);2-4H,1H3,(H,8,9,11);1-3H,(H2,6,7);1-2H3/t27-;;;/m0.../s1. The van der Waals surface area contributed by atoms with Crippen LogP contribution in [0.4, 0.5) is 28.7 Å². The fourth-order valence-corrected chi connectivity index (χ4v) is 6.18. The van der Waals surface area contributed by atoms with Gasteiger partial charge in [0.1, 0.15) is 35.9 Å². The number of nitrogens with zero attached hydrogens (tertiary/aromatic N) is 6. The molecule has 21 nitrogen and oxygen atoms in total. The van der Waals surface area contributed by atoms with Crippen LogP contribution in [-0.4, -0.2) is 82.7 Å². The number of nitrogens with two attached hydrogens (primary N) is 1. The highest BCUT2D eigenvalue weighted by molar-refractivity contribution is 5.98. The number of hydrogen-bond acceptors (Lipinski definition) is 15. The first kappa shape index (κ1) is 49.9. The first-order valence-corrected chi connectivity index (χ1v) is 20.0. The molecule has 66 heavy (non-hydrogen) atoms. The quantitative estimate of drug-likeness (QED) is 0.0519. The van der Waals surface area contributed by atoms with Crippen LogP contribution in [0.2, 0.25) is 0 Å². The second-order valence-electron chi connectivity index (χ2n) is 14.4. The minimum atomic E-state index is -0.562. The van der Waals surface area contributed by atoms with Crippen molar-refractivity contribution < 1.29 is 43.4 Å². The minimum absolute atomic E-state index is 0.0203. The Kier molecular flexibility index (Phi) is 18.3. The summed E-state index contributed by atoms with van der Waals surface area (Å²) in [7, 11) is 0. The number of benzene rings is 2. The Labute approximate surface area is 377 Å². The number of amides is 3. The molecule has 0 saturated carbocycles. The van der Waals surface area contributed by atoms with Crippen molar-refractivity contribution in [1.29, 1.82) is 0 Å². The van der Waals surface area contributed by atoms with E-state index in [4.69, 9.17) is 5.73 Å². The van der Waals surface area contributed by atoms with Crippen molar-refractivity contribution in [2.75, 3.05) is 22.9 Å². The molecule has 1 saturated heterocycles. The Morgan fingerprint density at radius 2 is 1.42 bits per heavy atom. The summed E-state index contributed by atoms with van der Waals surface area (Å²) in [6.45, 7) is 5.86. The van der Waals surface area contributed by atoms with Gasteiger partial charge in [-0.05, 0) is 73.4 Å². The number of nitro groups is 2. The predicted molar refractivity (Wildman–Crippen MR) is 242 cm³/mol. The highest BCUT2D eigenvalue weighted by atomic mass is 16.6. The minimum Gasteiger partial charge on any atom is -0.394 e. The summed E-state index contributed by atoms with van der Waals surface area (Å²) in [4.78, 5) is 103. The number of nitrogens with one attached hydrogen (secondary N) is 3. The lowest BCUT2D eigenvalue weighted by Gasteiger charge is -2.24. The number of anilines is 3. The van der Waals surface area contributed by atoms with Crippen molar-refractivity contribution >= 4 is 75.2 Å². The van der Waals surface area contributed by atoms with Gasteiger partial charge >= 0.3 is 11.9 Å². The molecular formula is C45H46N10O11. The molecule has 7 rings (SSSR count). The van der Waals surface area contributed by atoms with Gasteiger partial charge in [0, 0.05) is 62.9 Å². The number of likely N-dealkylation sites (tertiary alicyclic amines) is 1. The zero-order chi connectivity index (χ0) is 48.3. The van der Waals surface area contributed by atoms with E-state index in [1.165, 1.54) is 45.0 Å². The maximum atomic E-state index is 13.0. The van der Waals surface area contributed by atoms with Crippen LogP contribution in [0.25, 0.3) is 22.3 Å². The van der Waals surface area contributed by atoms with Gasteiger partial charge in [-0.1, -0.05) is 42.5 Å². The third kappa shape index (κ3) is 16.2. The van der Waals surface area contributed by atoms with Crippen LogP contribution >= 0.6 is 0 Å². The summed E-state index contributed by atoms with van der Waals surface area (Å²) < 4.78 is 3.97. The molecule has 1 aliphatic heterocycles. The molecule has 1 fully saturated rings. The van der Waals surface area contributed by atoms with Crippen molar-refractivity contribution in [2.45, 2.75) is 59.4 Å². The van der Waals surface area contributed by atoms with Crippen LogP contribution in [0.15, 0.2) is 109 Å². The van der Waals surface area contributed by atoms with Gasteiger partial charge in [-0.3, -0.25) is 54.0 Å². The van der Waals surface area contributed by atoms with Crippen LogP contribution in [0.1, 0.15) is 51.8 Å². The van der Waals surface area contributed by atoms with Gasteiger partial charge < -0.3 is 31.0 Å². The lowest BCUT2D eigenvalue weighted by Crippen LogP contribution is -2.43. The number of ketones is 1. The first-order valence-electron chi connectivity index (χ1n) is 20.0. The van der Waals surface area contributed by atoms with Crippen LogP contribution < -0.4 is 16.4 Å². The molecule has 21 heteroatoms. The van der Waals surface area contributed by atoms with Gasteiger partial charge in [-0.15, -0.1) is 0 Å². The number of carbonyl (C=O) groups is 6. The zero-order valence-electron chi connectivity index (χ0n) is 36.3. The number of pyridine rings is 3. The van der Waals surface area contributed by atoms with Gasteiger partial charge in [0.2, 0.25) is 17.7 Å². The van der Waals surface area contributed by atoms with Crippen molar-refractivity contribution in [2.24, 2.45) is 0 Å². The van der Waals surface area contributed by atoms with E-state index in [2.05, 4.69) is 35.3 Å². The molecule has 0 spiro atoms. The fraction of sp³-hybridized carbons (Fsp3) is 0.222. The van der Waals surface area contributed by atoms with Crippen LogP contribution in [0.3, 0.4) is 0 Å². The second kappa shape index (κ2) is 24.2. The van der Waals surface area contributed by atoms with Gasteiger partial charge in [0.15, 0.2) is 0 Å². The maximum Gasteiger partial charge on any atom is 0.310 e. The van der Waals surface area contributed by atoms with E-state index in [0.29, 0.717) is 37.3 Å². The Hall–Kier alpha value is -8.75. The average molecular weight is 903 g/mol. The van der Waals surface area contributed by atoms with Gasteiger partial charge in [0.05, 0.1) is 27.3 Å². The molecule has 3 amide bonds. The second-order valence-corrected chi connectivity index (χ2v) is 14.4. The van der Waals surface area contributed by atoms with Crippen LogP contribution in [0, 0.1) is 20.2 Å². The summed E-state index contributed by atoms with van der Waals surface area (Å²) >= 11 is 0. The molecule has 1 aliphatic rings. The number of rotatable bonds is 10. The normalized spacial score (nSPS) is 12.4. The van der Waals surface area contributed by atoms with Gasteiger partial charge in [0.25, 0.3) is 11.4 Å². The average Bonchev–Trinajstić information content (AvgIpc) is 3.93. The number of aromatic nitrogens is 4. The van der Waals surface area contributed by atoms with E-state index < -0.39 is 27.8 Å². The lowest BCUT2D eigenvalue weighted by molar-refractivity contribution is -0.385. The molecular weight excluding hydrogens is 857 g/mol.